The molecule has 1 N–H and O–H groups in total. The highest BCUT2D eigenvalue weighted by Crippen LogP contribution is 2.38. The van der Waals surface area contributed by atoms with Crippen LogP contribution < -0.4 is 4.74 Å². The van der Waals surface area contributed by atoms with E-state index < -0.39 is 38.2 Å². The highest BCUT2D eigenvalue weighted by atomic mass is 32.2. The molecule has 0 spiro atoms. The van der Waals surface area contributed by atoms with Crippen LogP contribution in [-0.2, 0) is 41.7 Å². The lowest BCUT2D eigenvalue weighted by Crippen LogP contribution is -2.42. The topological polar surface area (TPSA) is 82.1 Å². The average Bonchev–Trinajstić information content (AvgIpc) is 2.92. The Morgan fingerprint density at radius 2 is 1.25 bits per heavy atom. The van der Waals surface area contributed by atoms with Crippen LogP contribution in [0.4, 0.5) is 8.78 Å². The van der Waals surface area contributed by atoms with E-state index in [1.54, 1.807) is 12.1 Å². The van der Waals surface area contributed by atoms with Crippen LogP contribution in [-0.4, -0.2) is 37.5 Å². The predicted octanol–water partition coefficient (Wildman–Crippen LogP) is 8.35. The number of benzene rings is 3. The van der Waals surface area contributed by atoms with E-state index in [2.05, 4.69) is 71.0 Å². The molecule has 1 aliphatic heterocycles. The minimum absolute atomic E-state index is 0.0131. The van der Waals surface area contributed by atoms with Gasteiger partial charge in [0.1, 0.15) is 5.75 Å². The summed E-state index contributed by atoms with van der Waals surface area (Å²) >= 11 is 0. The number of alkyl halides is 2. The molecule has 0 aromatic heterocycles. The molecule has 4 rings (SSSR count). The summed E-state index contributed by atoms with van der Waals surface area (Å²) in [5.74, 6) is -0.803. The Kier molecular flexibility index (Phi) is 9.93. The molecule has 6 nitrogen and oxygen atoms in total. The van der Waals surface area contributed by atoms with Crippen LogP contribution in [0.2, 0.25) is 0 Å². The van der Waals surface area contributed by atoms with Crippen molar-refractivity contribution in [2.45, 2.75) is 98.6 Å². The molecule has 1 heterocycles. The first-order valence-electron chi connectivity index (χ1n) is 14.7. The van der Waals surface area contributed by atoms with Crippen LogP contribution in [0, 0.1) is 5.41 Å². The molecule has 3 aromatic rings. The van der Waals surface area contributed by atoms with E-state index in [1.165, 1.54) is 17.7 Å². The van der Waals surface area contributed by atoms with Crippen molar-refractivity contribution < 1.29 is 36.0 Å². The van der Waals surface area contributed by atoms with Crippen LogP contribution in [0.15, 0.2) is 87.5 Å². The molecular weight excluding hydrogens is 606 g/mol. The fourth-order valence-electron chi connectivity index (χ4n) is 4.91. The normalized spacial score (nSPS) is 19.0. The average molecular weight is 650 g/mol. The first-order valence-corrected chi connectivity index (χ1v) is 17.3. The molecule has 44 heavy (non-hydrogen) atoms. The van der Waals surface area contributed by atoms with Gasteiger partial charge in [-0.2, -0.15) is 17.2 Å². The highest BCUT2D eigenvalue weighted by molar-refractivity contribution is 7.97. The maximum Gasteiger partial charge on any atom is 0.405 e. The summed E-state index contributed by atoms with van der Waals surface area (Å²) in [5, 5.41) is -4.46. The molecular formula is C34H43F2O6S2+. The molecule has 0 saturated carbocycles. The zero-order valence-corrected chi connectivity index (χ0v) is 28.0. The smallest absolute Gasteiger partial charge is 0.405 e. The maximum atomic E-state index is 14.1. The third-order valence-electron chi connectivity index (χ3n) is 8.07. The van der Waals surface area contributed by atoms with Gasteiger partial charge in [0.05, 0.1) is 24.1 Å². The monoisotopic (exact) mass is 649 g/mol. The third kappa shape index (κ3) is 7.83. The summed E-state index contributed by atoms with van der Waals surface area (Å²) in [4.78, 5) is 3.01. The lowest BCUT2D eigenvalue weighted by atomic mass is 9.86. The number of ether oxygens (including phenoxy) is 3. The first-order chi connectivity index (χ1) is 20.3. The summed E-state index contributed by atoms with van der Waals surface area (Å²) in [6, 6.07) is 23.3. The van der Waals surface area contributed by atoms with E-state index >= 15 is 0 Å². The van der Waals surface area contributed by atoms with Crippen molar-refractivity contribution >= 4 is 21.0 Å². The van der Waals surface area contributed by atoms with Crippen molar-refractivity contribution in [3.05, 3.63) is 83.9 Å². The zero-order valence-electron chi connectivity index (χ0n) is 26.4. The Morgan fingerprint density at radius 1 is 0.818 bits per heavy atom. The summed E-state index contributed by atoms with van der Waals surface area (Å²) in [6.45, 7) is 15.0. The van der Waals surface area contributed by atoms with Crippen LogP contribution in [0.25, 0.3) is 0 Å². The van der Waals surface area contributed by atoms with Gasteiger partial charge in [-0.15, -0.1) is 0 Å². The Labute approximate surface area is 263 Å². The van der Waals surface area contributed by atoms with Crippen LogP contribution >= 0.6 is 0 Å². The van der Waals surface area contributed by atoms with Gasteiger partial charge in [0.2, 0.25) is 0 Å². The summed E-state index contributed by atoms with van der Waals surface area (Å²) in [5.41, 5.74) is 2.27. The van der Waals surface area contributed by atoms with E-state index in [1.807, 2.05) is 19.1 Å². The molecule has 0 aliphatic carbocycles. The Morgan fingerprint density at radius 3 is 1.68 bits per heavy atom. The SMILES string of the molecule is CC(Oc1ccc([S+](c2ccc(C(C)(C)C)cc2)c2ccc(C3(C)OCCC(C)(C)CCO3)cc2)cc1)C(F)(F)S(=O)(=O)O. The van der Waals surface area contributed by atoms with Gasteiger partial charge in [-0.1, -0.05) is 46.8 Å². The summed E-state index contributed by atoms with van der Waals surface area (Å²) in [7, 11) is -6.20. The van der Waals surface area contributed by atoms with Gasteiger partial charge >= 0.3 is 15.4 Å². The van der Waals surface area contributed by atoms with Crippen molar-refractivity contribution in [1.82, 2.24) is 0 Å². The largest absolute Gasteiger partial charge is 0.483 e. The van der Waals surface area contributed by atoms with Gasteiger partial charge in [0.25, 0.3) is 0 Å². The van der Waals surface area contributed by atoms with Crippen molar-refractivity contribution in [1.29, 1.82) is 0 Å². The van der Waals surface area contributed by atoms with E-state index in [9.17, 15) is 17.2 Å². The molecule has 10 heteroatoms. The van der Waals surface area contributed by atoms with Crippen LogP contribution in [0.5, 0.6) is 5.75 Å². The lowest BCUT2D eigenvalue weighted by Gasteiger charge is -2.36. The second-order valence-electron chi connectivity index (χ2n) is 13.2. The van der Waals surface area contributed by atoms with E-state index in [4.69, 9.17) is 18.8 Å². The van der Waals surface area contributed by atoms with Crippen molar-refractivity contribution in [3.8, 4) is 5.75 Å². The molecule has 0 bridgehead atoms. The Balaban J connectivity index is 1.66. The van der Waals surface area contributed by atoms with Crippen LogP contribution in [0.3, 0.4) is 0 Å². The van der Waals surface area contributed by atoms with Crippen molar-refractivity contribution in [2.75, 3.05) is 13.2 Å². The molecule has 1 fully saturated rings. The molecule has 0 radical (unpaired) electrons. The minimum atomic E-state index is -5.63. The van der Waals surface area contributed by atoms with Gasteiger partial charge in [-0.05, 0) is 104 Å². The molecule has 0 amide bonds. The molecule has 1 aliphatic rings. The van der Waals surface area contributed by atoms with E-state index in [0.29, 0.717) is 13.2 Å². The molecule has 240 valence electrons. The van der Waals surface area contributed by atoms with Crippen LogP contribution in [0.1, 0.15) is 72.4 Å². The van der Waals surface area contributed by atoms with Gasteiger partial charge < -0.3 is 14.2 Å². The molecule has 2 atom stereocenters. The van der Waals surface area contributed by atoms with Crippen molar-refractivity contribution in [3.63, 3.8) is 0 Å². The molecule has 1 saturated heterocycles. The number of hydrogen-bond donors (Lipinski definition) is 1. The fourth-order valence-corrected chi connectivity index (χ4v) is 7.42. The van der Waals surface area contributed by atoms with Gasteiger partial charge in [0, 0.05) is 5.56 Å². The highest BCUT2D eigenvalue weighted by Gasteiger charge is 2.51. The number of halogens is 2. The Hall–Kier alpha value is -2.50. The standard InChI is InChI=1S/C34H42F2O6S2/c1-24(34(35,36)44(37,38)39)42-27-12-18-30(19-13-27)43(28-14-8-25(9-15-28)31(2,3)4)29-16-10-26(11-17-29)33(7)40-22-20-32(5,6)21-23-41-33/h8-19,24H,20-23H2,1-7H3/p+1. The molecule has 3 aromatic carbocycles. The van der Waals surface area contributed by atoms with Gasteiger partial charge in [0.15, 0.2) is 26.6 Å². The quantitative estimate of drug-likeness (QED) is 0.195. The predicted molar refractivity (Wildman–Crippen MR) is 169 cm³/mol. The van der Waals surface area contributed by atoms with E-state index in [0.717, 1.165) is 40.0 Å². The minimum Gasteiger partial charge on any atom is -0.483 e. The third-order valence-corrected chi connectivity index (χ3v) is 11.3. The second kappa shape index (κ2) is 12.7. The number of rotatable bonds is 8. The van der Waals surface area contributed by atoms with E-state index in [-0.39, 0.29) is 16.6 Å². The molecule has 2 unspecified atom stereocenters. The fraction of sp³-hybridized carbons (Fsp3) is 0.471. The summed E-state index contributed by atoms with van der Waals surface area (Å²) < 4.78 is 77.1. The zero-order chi connectivity index (χ0) is 32.6. The number of hydrogen-bond acceptors (Lipinski definition) is 5. The first kappa shape index (κ1) is 34.4. The van der Waals surface area contributed by atoms with Crippen molar-refractivity contribution in [2.24, 2.45) is 5.41 Å². The van der Waals surface area contributed by atoms with Gasteiger partial charge in [-0.25, -0.2) is 0 Å². The lowest BCUT2D eigenvalue weighted by molar-refractivity contribution is -0.249. The Bertz CT molecular complexity index is 1500. The maximum absolute atomic E-state index is 14.1. The van der Waals surface area contributed by atoms with Gasteiger partial charge in [-0.3, -0.25) is 4.55 Å². The second-order valence-corrected chi connectivity index (χ2v) is 16.7. The summed E-state index contributed by atoms with van der Waals surface area (Å²) in [6.07, 6.45) is -0.196.